The number of unbranched alkanes of at least 4 members (excludes halogenated alkanes) is 28. The predicted octanol–water partition coefficient (Wildman–Crippen LogP) is 14.3. The standard InChI is InChI=1S/C46H88O6/c1-5-7-9-11-12-13-14-16-21-24-27-31-35-39-46(49)52-43(40-50-44(47)37-33-28-10-8-6-2)41-51-45(48)38-34-30-26-23-20-18-15-17-19-22-25-29-32-36-42(3)4/h42-43H,5-41H2,1-4H3/t43-/m1/s1. The lowest BCUT2D eigenvalue weighted by molar-refractivity contribution is -0.167. The van der Waals surface area contributed by atoms with Crippen molar-refractivity contribution in [2.45, 2.75) is 259 Å². The Morgan fingerprint density at radius 3 is 0.942 bits per heavy atom. The van der Waals surface area contributed by atoms with Crippen LogP contribution in [0.5, 0.6) is 0 Å². The van der Waals surface area contributed by atoms with Crippen molar-refractivity contribution in [3.8, 4) is 0 Å². The Labute approximate surface area is 323 Å². The quantitative estimate of drug-likeness (QED) is 0.0353. The smallest absolute Gasteiger partial charge is 0.306 e. The summed E-state index contributed by atoms with van der Waals surface area (Å²) in [6.07, 6.45) is 39.7. The van der Waals surface area contributed by atoms with Gasteiger partial charge in [0.15, 0.2) is 6.10 Å². The molecule has 0 saturated carbocycles. The SMILES string of the molecule is CCCCCCCCCCCCCCCC(=O)O[C@H](COC(=O)CCCCCCC)COC(=O)CCCCCCCCCCCCCCCC(C)C. The molecule has 0 aromatic heterocycles. The first-order chi connectivity index (χ1) is 25.4. The van der Waals surface area contributed by atoms with E-state index in [1.54, 1.807) is 0 Å². The third-order valence-corrected chi connectivity index (χ3v) is 10.3. The molecule has 1 atom stereocenters. The largest absolute Gasteiger partial charge is 0.462 e. The Balaban J connectivity index is 4.16. The zero-order chi connectivity index (χ0) is 38.2. The van der Waals surface area contributed by atoms with Gasteiger partial charge in [0, 0.05) is 19.3 Å². The van der Waals surface area contributed by atoms with Gasteiger partial charge in [0.1, 0.15) is 13.2 Å². The van der Waals surface area contributed by atoms with Crippen LogP contribution in [0.4, 0.5) is 0 Å². The van der Waals surface area contributed by atoms with Gasteiger partial charge in [0.05, 0.1) is 0 Å². The van der Waals surface area contributed by atoms with E-state index in [-0.39, 0.29) is 31.1 Å². The van der Waals surface area contributed by atoms with Crippen molar-refractivity contribution in [2.24, 2.45) is 5.92 Å². The van der Waals surface area contributed by atoms with E-state index in [1.807, 2.05) is 0 Å². The van der Waals surface area contributed by atoms with Gasteiger partial charge < -0.3 is 14.2 Å². The number of hydrogen-bond donors (Lipinski definition) is 0. The van der Waals surface area contributed by atoms with Crippen LogP contribution in [0.25, 0.3) is 0 Å². The minimum absolute atomic E-state index is 0.0646. The summed E-state index contributed by atoms with van der Waals surface area (Å²) in [5.74, 6) is -0.0273. The van der Waals surface area contributed by atoms with Crippen molar-refractivity contribution in [1.29, 1.82) is 0 Å². The van der Waals surface area contributed by atoms with Crippen LogP contribution in [-0.4, -0.2) is 37.2 Å². The highest BCUT2D eigenvalue weighted by Gasteiger charge is 2.19. The van der Waals surface area contributed by atoms with Crippen molar-refractivity contribution < 1.29 is 28.6 Å². The van der Waals surface area contributed by atoms with Gasteiger partial charge >= 0.3 is 17.9 Å². The first kappa shape index (κ1) is 50.4. The highest BCUT2D eigenvalue weighted by atomic mass is 16.6. The van der Waals surface area contributed by atoms with Crippen LogP contribution < -0.4 is 0 Å². The molecule has 0 unspecified atom stereocenters. The second kappa shape index (κ2) is 40.6. The minimum atomic E-state index is -0.757. The number of rotatable bonds is 41. The molecule has 0 radical (unpaired) electrons. The molecular formula is C46H88O6. The van der Waals surface area contributed by atoms with Crippen LogP contribution >= 0.6 is 0 Å². The molecule has 0 fully saturated rings. The molecule has 0 saturated heterocycles. The lowest BCUT2D eigenvalue weighted by Gasteiger charge is -2.18. The third-order valence-electron chi connectivity index (χ3n) is 10.3. The molecule has 0 aromatic carbocycles. The second-order valence-electron chi connectivity index (χ2n) is 16.2. The molecule has 0 rings (SSSR count). The zero-order valence-electron chi connectivity index (χ0n) is 35.3. The molecule has 0 heterocycles. The van der Waals surface area contributed by atoms with Gasteiger partial charge in [-0.05, 0) is 25.2 Å². The second-order valence-corrected chi connectivity index (χ2v) is 16.2. The van der Waals surface area contributed by atoms with Gasteiger partial charge in [-0.2, -0.15) is 0 Å². The highest BCUT2D eigenvalue weighted by Crippen LogP contribution is 2.16. The first-order valence-corrected chi connectivity index (χ1v) is 22.9. The van der Waals surface area contributed by atoms with Crippen LogP contribution in [-0.2, 0) is 28.6 Å². The maximum atomic E-state index is 12.7. The van der Waals surface area contributed by atoms with Crippen LogP contribution in [0.3, 0.4) is 0 Å². The summed E-state index contributed by atoms with van der Waals surface area (Å²) in [4.78, 5) is 37.5. The maximum absolute atomic E-state index is 12.7. The summed E-state index contributed by atoms with van der Waals surface area (Å²) < 4.78 is 16.6. The molecular weight excluding hydrogens is 648 g/mol. The number of ether oxygens (including phenoxy) is 3. The predicted molar refractivity (Wildman–Crippen MR) is 220 cm³/mol. The fraction of sp³-hybridized carbons (Fsp3) is 0.935. The van der Waals surface area contributed by atoms with Crippen LogP contribution in [0.1, 0.15) is 252 Å². The van der Waals surface area contributed by atoms with Gasteiger partial charge in [-0.1, -0.05) is 214 Å². The molecule has 6 heteroatoms. The summed E-state index contributed by atoms with van der Waals surface area (Å²) in [6.45, 7) is 8.93. The van der Waals surface area contributed by atoms with Gasteiger partial charge in [-0.3, -0.25) is 14.4 Å². The topological polar surface area (TPSA) is 78.9 Å². The summed E-state index contributed by atoms with van der Waals surface area (Å²) in [6, 6.07) is 0. The van der Waals surface area contributed by atoms with Gasteiger partial charge in [0.25, 0.3) is 0 Å². The van der Waals surface area contributed by atoms with Crippen molar-refractivity contribution in [2.75, 3.05) is 13.2 Å². The van der Waals surface area contributed by atoms with E-state index in [2.05, 4.69) is 27.7 Å². The Hall–Kier alpha value is -1.59. The highest BCUT2D eigenvalue weighted by molar-refractivity contribution is 5.71. The van der Waals surface area contributed by atoms with Gasteiger partial charge in [-0.25, -0.2) is 0 Å². The zero-order valence-corrected chi connectivity index (χ0v) is 35.3. The van der Waals surface area contributed by atoms with E-state index in [1.165, 1.54) is 141 Å². The fourth-order valence-corrected chi connectivity index (χ4v) is 6.80. The normalized spacial score (nSPS) is 11.9. The number of esters is 3. The Bertz CT molecular complexity index is 781. The van der Waals surface area contributed by atoms with E-state index in [0.29, 0.717) is 19.3 Å². The van der Waals surface area contributed by atoms with E-state index in [9.17, 15) is 14.4 Å². The molecule has 308 valence electrons. The van der Waals surface area contributed by atoms with E-state index >= 15 is 0 Å². The minimum Gasteiger partial charge on any atom is -0.462 e. The van der Waals surface area contributed by atoms with Crippen molar-refractivity contribution in [1.82, 2.24) is 0 Å². The van der Waals surface area contributed by atoms with E-state index in [0.717, 1.165) is 70.1 Å². The lowest BCUT2D eigenvalue weighted by Crippen LogP contribution is -2.30. The Morgan fingerprint density at radius 1 is 0.365 bits per heavy atom. The van der Waals surface area contributed by atoms with Crippen LogP contribution in [0, 0.1) is 5.92 Å². The molecule has 0 aromatic rings. The molecule has 0 bridgehead atoms. The maximum Gasteiger partial charge on any atom is 0.306 e. The van der Waals surface area contributed by atoms with Crippen molar-refractivity contribution in [3.05, 3.63) is 0 Å². The molecule has 6 nitrogen and oxygen atoms in total. The Morgan fingerprint density at radius 2 is 0.635 bits per heavy atom. The van der Waals surface area contributed by atoms with Gasteiger partial charge in [-0.15, -0.1) is 0 Å². The van der Waals surface area contributed by atoms with Gasteiger partial charge in [0.2, 0.25) is 0 Å². The molecule has 0 spiro atoms. The first-order valence-electron chi connectivity index (χ1n) is 22.9. The van der Waals surface area contributed by atoms with Crippen LogP contribution in [0.2, 0.25) is 0 Å². The molecule has 0 aliphatic carbocycles. The number of hydrogen-bond acceptors (Lipinski definition) is 6. The number of carbonyl (C=O) groups is 3. The summed E-state index contributed by atoms with van der Waals surface area (Å²) in [5.41, 5.74) is 0. The van der Waals surface area contributed by atoms with Crippen LogP contribution in [0.15, 0.2) is 0 Å². The lowest BCUT2D eigenvalue weighted by atomic mass is 10.0. The number of carbonyl (C=O) groups excluding carboxylic acids is 3. The molecule has 0 N–H and O–H groups in total. The molecule has 0 amide bonds. The summed E-state index contributed by atoms with van der Waals surface area (Å²) >= 11 is 0. The average molecular weight is 737 g/mol. The van der Waals surface area contributed by atoms with E-state index in [4.69, 9.17) is 14.2 Å². The average Bonchev–Trinajstić information content (AvgIpc) is 3.12. The third kappa shape index (κ3) is 39.6. The molecule has 0 aliphatic heterocycles. The van der Waals surface area contributed by atoms with Crippen molar-refractivity contribution in [3.63, 3.8) is 0 Å². The fourth-order valence-electron chi connectivity index (χ4n) is 6.80. The molecule has 52 heavy (non-hydrogen) atoms. The van der Waals surface area contributed by atoms with Crippen molar-refractivity contribution >= 4 is 17.9 Å². The summed E-state index contributed by atoms with van der Waals surface area (Å²) in [5, 5.41) is 0. The van der Waals surface area contributed by atoms with E-state index < -0.39 is 6.10 Å². The summed E-state index contributed by atoms with van der Waals surface area (Å²) in [7, 11) is 0. The molecule has 0 aliphatic rings. The Kier molecular flexibility index (Phi) is 39.4. The monoisotopic (exact) mass is 737 g/mol.